The van der Waals surface area contributed by atoms with Gasteiger partial charge in [0.2, 0.25) is 6.41 Å². The zero-order valence-electron chi connectivity index (χ0n) is 23.4. The Balaban J connectivity index is 1.36. The van der Waals surface area contributed by atoms with Crippen molar-refractivity contribution in [2.24, 2.45) is 0 Å². The fourth-order valence-electron chi connectivity index (χ4n) is 5.13. The van der Waals surface area contributed by atoms with Crippen LogP contribution in [0.25, 0.3) is 10.9 Å². The van der Waals surface area contributed by atoms with Crippen LogP contribution in [0.2, 0.25) is 0 Å². The topological polar surface area (TPSA) is 123 Å². The van der Waals surface area contributed by atoms with Crippen LogP contribution in [0.1, 0.15) is 44.0 Å². The van der Waals surface area contributed by atoms with Crippen molar-refractivity contribution in [2.75, 3.05) is 33.9 Å². The van der Waals surface area contributed by atoms with Gasteiger partial charge in [0.05, 0.1) is 16.8 Å². The van der Waals surface area contributed by atoms with Crippen LogP contribution in [0.3, 0.4) is 0 Å². The van der Waals surface area contributed by atoms with Crippen molar-refractivity contribution in [1.29, 1.82) is 0 Å². The number of pyridine rings is 1. The number of carbonyl (C=O) groups is 3. The third-order valence-corrected chi connectivity index (χ3v) is 7.09. The minimum absolute atomic E-state index is 0.0904. The summed E-state index contributed by atoms with van der Waals surface area (Å²) in [6, 6.07) is 15.9. The minimum Gasteiger partial charge on any atom is -0.443 e. The number of carbonyl (C=O) groups excluding carboxylic acids is 3. The number of nitrogens with two attached hydrogens (primary N) is 1. The predicted molar refractivity (Wildman–Crippen MR) is 160 cm³/mol. The minimum atomic E-state index is -0.648. The van der Waals surface area contributed by atoms with E-state index in [1.807, 2.05) is 24.3 Å². The van der Waals surface area contributed by atoms with Crippen molar-refractivity contribution in [3.05, 3.63) is 78.8 Å². The van der Waals surface area contributed by atoms with Crippen LogP contribution in [-0.2, 0) is 9.53 Å². The Kier molecular flexibility index (Phi) is 7.65. The summed E-state index contributed by atoms with van der Waals surface area (Å²) in [6.45, 7) is 6.94. The molecule has 0 aliphatic carbocycles. The monoisotopic (exact) mass is 554 g/mol. The van der Waals surface area contributed by atoms with Crippen molar-refractivity contribution in [3.8, 4) is 0 Å². The van der Waals surface area contributed by atoms with E-state index in [2.05, 4.69) is 15.2 Å². The van der Waals surface area contributed by atoms with Gasteiger partial charge in [-0.25, -0.2) is 4.79 Å². The maximum Gasteiger partial charge on any atom is 0.418 e. The Bertz CT molecular complexity index is 1570. The first kappa shape index (κ1) is 27.7. The lowest BCUT2D eigenvalue weighted by Gasteiger charge is -2.38. The molecule has 10 nitrogen and oxygen atoms in total. The van der Waals surface area contributed by atoms with Gasteiger partial charge in [-0.05, 0) is 82.1 Å². The number of amides is 2. The second-order valence-electron chi connectivity index (χ2n) is 11.1. The molecule has 0 unspecified atom stereocenters. The number of aromatic nitrogens is 2. The van der Waals surface area contributed by atoms with Gasteiger partial charge in [0, 0.05) is 60.2 Å². The van der Waals surface area contributed by atoms with Gasteiger partial charge in [0.15, 0.2) is 0 Å². The quantitative estimate of drug-likeness (QED) is 0.245. The normalized spacial score (nSPS) is 14.1. The molecule has 2 aromatic carbocycles. The van der Waals surface area contributed by atoms with E-state index in [0.29, 0.717) is 28.1 Å². The molecular formula is C31H34N6O4. The third-order valence-electron chi connectivity index (χ3n) is 7.09. The maximum absolute atomic E-state index is 13.6. The second-order valence-corrected chi connectivity index (χ2v) is 11.1. The van der Waals surface area contributed by atoms with Gasteiger partial charge < -0.3 is 25.6 Å². The lowest BCUT2D eigenvalue weighted by molar-refractivity contribution is -0.108. The average molecular weight is 555 g/mol. The summed E-state index contributed by atoms with van der Waals surface area (Å²) in [6.07, 6.45) is 6.91. The van der Waals surface area contributed by atoms with Crippen molar-refractivity contribution >= 4 is 52.1 Å². The summed E-state index contributed by atoms with van der Waals surface area (Å²) in [5, 5.41) is 3.75. The van der Waals surface area contributed by atoms with Gasteiger partial charge in [-0.3, -0.25) is 19.1 Å². The largest absolute Gasteiger partial charge is 0.443 e. The molecule has 1 fully saturated rings. The number of fused-ring (bicyclic) bond motifs is 1. The maximum atomic E-state index is 13.6. The van der Waals surface area contributed by atoms with Crippen LogP contribution in [0.5, 0.6) is 0 Å². The highest BCUT2D eigenvalue weighted by Gasteiger charge is 2.28. The smallest absolute Gasteiger partial charge is 0.418 e. The molecule has 1 aliphatic rings. The Morgan fingerprint density at radius 1 is 1.05 bits per heavy atom. The zero-order chi connectivity index (χ0) is 29.1. The molecule has 3 N–H and O–H groups in total. The summed E-state index contributed by atoms with van der Waals surface area (Å²) in [4.78, 5) is 46.6. The van der Waals surface area contributed by atoms with Gasteiger partial charge in [0.1, 0.15) is 5.60 Å². The second kappa shape index (κ2) is 11.3. The van der Waals surface area contributed by atoms with Crippen LogP contribution < -0.4 is 20.9 Å². The van der Waals surface area contributed by atoms with Gasteiger partial charge in [-0.15, -0.1) is 0 Å². The zero-order valence-corrected chi connectivity index (χ0v) is 23.4. The summed E-state index contributed by atoms with van der Waals surface area (Å²) in [7, 11) is 0. The number of ether oxygens (including phenoxy) is 1. The summed E-state index contributed by atoms with van der Waals surface area (Å²) in [5.74, 6) is -0.393. The number of nitrogen functional groups attached to an aromatic ring is 1. The number of benzene rings is 2. The Labute approximate surface area is 238 Å². The van der Waals surface area contributed by atoms with E-state index in [4.69, 9.17) is 10.5 Å². The number of piperidine rings is 1. The predicted octanol–water partition coefficient (Wildman–Crippen LogP) is 5.29. The SMILES string of the molecule is CC(C)(C)OC(=O)n1ccc2ccc(NC(=O)c3ccc(N)cc3N(C=O)C3CCN(c4ccncc4)CC3)cc21. The Hall–Kier alpha value is -4.86. The summed E-state index contributed by atoms with van der Waals surface area (Å²) >= 11 is 0. The van der Waals surface area contributed by atoms with Crippen LogP contribution in [0, 0.1) is 0 Å². The van der Waals surface area contributed by atoms with Gasteiger partial charge in [0.25, 0.3) is 5.91 Å². The number of hydrogen-bond acceptors (Lipinski definition) is 7. The number of hydrogen-bond donors (Lipinski definition) is 2. The van der Waals surface area contributed by atoms with E-state index in [0.717, 1.165) is 43.4 Å². The summed E-state index contributed by atoms with van der Waals surface area (Å²) < 4.78 is 6.93. The molecule has 2 aromatic heterocycles. The molecule has 0 saturated carbocycles. The van der Waals surface area contributed by atoms with E-state index in [1.165, 1.54) is 4.57 Å². The third kappa shape index (κ3) is 6.16. The summed E-state index contributed by atoms with van der Waals surface area (Å²) in [5.41, 5.74) is 8.88. The standard InChI is InChI=1S/C31H34N6O4/c1-31(2,3)41-30(40)36-17-10-21-4-6-23(19-27(21)36)34-29(39)26-7-5-22(32)18-28(26)37(20-38)25-11-15-35(16-12-25)24-8-13-33-14-9-24/h4-10,13-14,17-20,25H,11-12,15-16,32H2,1-3H3,(H,34,39). The molecule has 4 aromatic rings. The molecule has 1 aliphatic heterocycles. The fraction of sp³-hybridized carbons (Fsp3) is 0.290. The van der Waals surface area contributed by atoms with Crippen LogP contribution in [0.4, 0.5) is 27.5 Å². The number of rotatable bonds is 6. The highest BCUT2D eigenvalue weighted by molar-refractivity contribution is 6.10. The van der Waals surface area contributed by atoms with E-state index in [1.54, 1.807) is 74.6 Å². The van der Waals surface area contributed by atoms with Gasteiger partial charge in [-0.2, -0.15) is 0 Å². The van der Waals surface area contributed by atoms with Crippen molar-refractivity contribution in [3.63, 3.8) is 0 Å². The lowest BCUT2D eigenvalue weighted by atomic mass is 10.0. The molecule has 0 spiro atoms. The Morgan fingerprint density at radius 3 is 2.46 bits per heavy atom. The van der Waals surface area contributed by atoms with Crippen LogP contribution >= 0.6 is 0 Å². The van der Waals surface area contributed by atoms with E-state index in [-0.39, 0.29) is 6.04 Å². The molecule has 5 rings (SSSR count). The number of anilines is 4. The van der Waals surface area contributed by atoms with E-state index in [9.17, 15) is 14.4 Å². The van der Waals surface area contributed by atoms with Gasteiger partial charge in [-0.1, -0.05) is 6.07 Å². The molecule has 41 heavy (non-hydrogen) atoms. The van der Waals surface area contributed by atoms with E-state index >= 15 is 0 Å². The molecule has 212 valence electrons. The molecule has 1 saturated heterocycles. The van der Waals surface area contributed by atoms with Gasteiger partial charge >= 0.3 is 6.09 Å². The van der Waals surface area contributed by atoms with Crippen molar-refractivity contribution in [1.82, 2.24) is 9.55 Å². The molecule has 3 heterocycles. The number of nitrogens with zero attached hydrogens (tertiary/aromatic N) is 4. The van der Waals surface area contributed by atoms with Crippen LogP contribution in [-0.4, -0.2) is 52.7 Å². The molecule has 0 bridgehead atoms. The molecule has 0 radical (unpaired) electrons. The molecular weight excluding hydrogens is 520 g/mol. The first-order valence-corrected chi connectivity index (χ1v) is 13.6. The highest BCUT2D eigenvalue weighted by Crippen LogP contribution is 2.30. The number of nitrogens with one attached hydrogen (secondary N) is 1. The molecule has 0 atom stereocenters. The van der Waals surface area contributed by atoms with Crippen molar-refractivity contribution in [2.45, 2.75) is 45.3 Å². The fourth-order valence-corrected chi connectivity index (χ4v) is 5.13. The molecule has 2 amide bonds. The Morgan fingerprint density at radius 2 is 1.78 bits per heavy atom. The lowest BCUT2D eigenvalue weighted by Crippen LogP contribution is -2.45. The first-order valence-electron chi connectivity index (χ1n) is 13.6. The van der Waals surface area contributed by atoms with E-state index < -0.39 is 17.6 Å². The molecule has 10 heteroatoms. The van der Waals surface area contributed by atoms with Crippen LogP contribution in [0.15, 0.2) is 73.2 Å². The highest BCUT2D eigenvalue weighted by atomic mass is 16.6. The first-order chi connectivity index (χ1) is 19.6. The van der Waals surface area contributed by atoms with Crippen molar-refractivity contribution < 1.29 is 19.1 Å². The average Bonchev–Trinajstić information content (AvgIpc) is 3.37.